The molecule has 0 heterocycles. The highest BCUT2D eigenvalue weighted by atomic mass is 79.9. The minimum atomic E-state index is 0.491. The summed E-state index contributed by atoms with van der Waals surface area (Å²) in [6.45, 7) is 2.20. The summed E-state index contributed by atoms with van der Waals surface area (Å²) in [6.07, 6.45) is 1.10. The van der Waals surface area contributed by atoms with E-state index in [4.69, 9.17) is 9.47 Å². The third-order valence-corrected chi connectivity index (χ3v) is 2.97. The molecule has 1 atom stereocenters. The van der Waals surface area contributed by atoms with Crippen molar-refractivity contribution in [2.45, 2.75) is 19.3 Å². The highest BCUT2D eigenvalue weighted by Gasteiger charge is 2.11. The lowest BCUT2D eigenvalue weighted by atomic mass is 9.97. The number of alkyl halides is 1. The molecule has 0 spiro atoms. The molecule has 15 heavy (non-hydrogen) atoms. The van der Waals surface area contributed by atoms with Gasteiger partial charge in [0.25, 0.3) is 0 Å². The summed E-state index contributed by atoms with van der Waals surface area (Å²) in [6, 6.07) is 5.98. The molecule has 0 bridgehead atoms. The maximum absolute atomic E-state index is 5.36. The number of rotatable bonds is 5. The first kappa shape index (κ1) is 12.4. The molecule has 0 saturated heterocycles. The van der Waals surface area contributed by atoms with Crippen molar-refractivity contribution in [3.63, 3.8) is 0 Å². The van der Waals surface area contributed by atoms with E-state index in [2.05, 4.69) is 28.9 Å². The normalized spacial score (nSPS) is 12.3. The van der Waals surface area contributed by atoms with Gasteiger partial charge in [-0.1, -0.05) is 28.9 Å². The van der Waals surface area contributed by atoms with Crippen LogP contribution in [0.25, 0.3) is 0 Å². The van der Waals surface area contributed by atoms with E-state index >= 15 is 0 Å². The molecule has 0 radical (unpaired) electrons. The number of halogens is 1. The van der Waals surface area contributed by atoms with E-state index in [-0.39, 0.29) is 0 Å². The van der Waals surface area contributed by atoms with Crippen molar-refractivity contribution in [2.75, 3.05) is 19.5 Å². The fourth-order valence-corrected chi connectivity index (χ4v) is 2.23. The molecular weight excluding hydrogens is 256 g/mol. The zero-order valence-electron chi connectivity index (χ0n) is 9.42. The molecule has 2 nitrogen and oxygen atoms in total. The summed E-state index contributed by atoms with van der Waals surface area (Å²) in [7, 11) is 3.36. The molecule has 0 aliphatic carbocycles. The van der Waals surface area contributed by atoms with Gasteiger partial charge < -0.3 is 9.47 Å². The van der Waals surface area contributed by atoms with Crippen LogP contribution in [0.1, 0.15) is 24.8 Å². The fraction of sp³-hybridized carbons (Fsp3) is 0.500. The molecule has 84 valence electrons. The SMILES string of the molecule is COc1ccc(C(C)CCBr)c(OC)c1. The standard InChI is InChI=1S/C12H17BrO2/c1-9(6-7-13)11-5-4-10(14-2)8-12(11)15-3/h4-5,8-9H,6-7H2,1-3H3. The molecule has 0 fully saturated rings. The largest absolute Gasteiger partial charge is 0.497 e. The van der Waals surface area contributed by atoms with Crippen molar-refractivity contribution < 1.29 is 9.47 Å². The van der Waals surface area contributed by atoms with Gasteiger partial charge in [0.2, 0.25) is 0 Å². The molecule has 1 rings (SSSR count). The topological polar surface area (TPSA) is 18.5 Å². The van der Waals surface area contributed by atoms with Crippen LogP contribution in [0.2, 0.25) is 0 Å². The van der Waals surface area contributed by atoms with Gasteiger partial charge in [-0.25, -0.2) is 0 Å². The molecule has 0 aliphatic heterocycles. The first-order valence-corrected chi connectivity index (χ1v) is 6.13. The molecule has 3 heteroatoms. The number of benzene rings is 1. The third-order valence-electron chi connectivity index (χ3n) is 2.51. The average molecular weight is 273 g/mol. The zero-order valence-corrected chi connectivity index (χ0v) is 11.0. The van der Waals surface area contributed by atoms with E-state index in [1.54, 1.807) is 14.2 Å². The quantitative estimate of drug-likeness (QED) is 0.763. The molecule has 0 aliphatic rings. The Balaban J connectivity index is 2.96. The smallest absolute Gasteiger partial charge is 0.126 e. The number of methoxy groups -OCH3 is 2. The van der Waals surface area contributed by atoms with Crippen LogP contribution in [0.4, 0.5) is 0 Å². The van der Waals surface area contributed by atoms with Crippen LogP contribution in [-0.2, 0) is 0 Å². The van der Waals surface area contributed by atoms with Crippen molar-refractivity contribution in [3.05, 3.63) is 23.8 Å². The Kier molecular flexibility index (Phi) is 4.95. The zero-order chi connectivity index (χ0) is 11.3. The summed E-state index contributed by atoms with van der Waals surface area (Å²) >= 11 is 3.46. The minimum Gasteiger partial charge on any atom is -0.497 e. The second-order valence-electron chi connectivity index (χ2n) is 3.49. The lowest BCUT2D eigenvalue weighted by molar-refractivity contribution is 0.388. The predicted octanol–water partition coefficient (Wildman–Crippen LogP) is 3.59. The number of ether oxygens (including phenoxy) is 2. The fourth-order valence-electron chi connectivity index (χ4n) is 1.54. The first-order valence-electron chi connectivity index (χ1n) is 5.00. The van der Waals surface area contributed by atoms with Crippen LogP contribution in [0.3, 0.4) is 0 Å². The molecule has 1 aromatic carbocycles. The molecule has 0 saturated carbocycles. The Bertz CT molecular complexity index is 312. The Labute approximate surface area is 99.7 Å². The number of hydrogen-bond donors (Lipinski definition) is 0. The minimum absolute atomic E-state index is 0.491. The third kappa shape index (κ3) is 3.13. The Morgan fingerprint density at radius 3 is 2.53 bits per heavy atom. The van der Waals surface area contributed by atoms with E-state index < -0.39 is 0 Å². The van der Waals surface area contributed by atoms with E-state index in [0.717, 1.165) is 23.2 Å². The van der Waals surface area contributed by atoms with Gasteiger partial charge >= 0.3 is 0 Å². The van der Waals surface area contributed by atoms with Crippen molar-refractivity contribution in [3.8, 4) is 11.5 Å². The average Bonchev–Trinajstić information content (AvgIpc) is 2.28. The van der Waals surface area contributed by atoms with Crippen molar-refractivity contribution in [1.29, 1.82) is 0 Å². The van der Waals surface area contributed by atoms with Crippen LogP contribution in [0.5, 0.6) is 11.5 Å². The van der Waals surface area contributed by atoms with Crippen LogP contribution in [0, 0.1) is 0 Å². The van der Waals surface area contributed by atoms with E-state index in [1.807, 2.05) is 12.1 Å². The Morgan fingerprint density at radius 1 is 1.27 bits per heavy atom. The van der Waals surface area contributed by atoms with E-state index in [9.17, 15) is 0 Å². The van der Waals surface area contributed by atoms with E-state index in [0.29, 0.717) is 5.92 Å². The summed E-state index contributed by atoms with van der Waals surface area (Å²) in [5.74, 6) is 2.23. The van der Waals surface area contributed by atoms with Crippen molar-refractivity contribution in [2.24, 2.45) is 0 Å². The van der Waals surface area contributed by atoms with Gasteiger partial charge in [0.05, 0.1) is 14.2 Å². The van der Waals surface area contributed by atoms with Gasteiger partial charge in [-0.3, -0.25) is 0 Å². The number of hydrogen-bond acceptors (Lipinski definition) is 2. The lowest BCUT2D eigenvalue weighted by Crippen LogP contribution is -1.99. The van der Waals surface area contributed by atoms with Crippen LogP contribution in [0.15, 0.2) is 18.2 Å². The van der Waals surface area contributed by atoms with Gasteiger partial charge in [0, 0.05) is 11.4 Å². The van der Waals surface area contributed by atoms with Gasteiger partial charge in [-0.2, -0.15) is 0 Å². The van der Waals surface area contributed by atoms with Crippen LogP contribution in [-0.4, -0.2) is 19.5 Å². The highest BCUT2D eigenvalue weighted by Crippen LogP contribution is 2.32. The molecule has 0 amide bonds. The summed E-state index contributed by atoms with van der Waals surface area (Å²) in [4.78, 5) is 0. The highest BCUT2D eigenvalue weighted by molar-refractivity contribution is 9.09. The maximum atomic E-state index is 5.36. The van der Waals surface area contributed by atoms with Gasteiger partial charge in [-0.15, -0.1) is 0 Å². The van der Waals surface area contributed by atoms with Gasteiger partial charge in [0.1, 0.15) is 11.5 Å². The second-order valence-corrected chi connectivity index (χ2v) is 4.28. The molecular formula is C12H17BrO2. The van der Waals surface area contributed by atoms with Crippen LogP contribution < -0.4 is 9.47 Å². The van der Waals surface area contributed by atoms with Gasteiger partial charge in [0.15, 0.2) is 0 Å². The maximum Gasteiger partial charge on any atom is 0.126 e. The first-order chi connectivity index (χ1) is 7.22. The summed E-state index contributed by atoms with van der Waals surface area (Å²) in [5.41, 5.74) is 1.23. The van der Waals surface area contributed by atoms with Crippen molar-refractivity contribution in [1.82, 2.24) is 0 Å². The lowest BCUT2D eigenvalue weighted by Gasteiger charge is -2.15. The van der Waals surface area contributed by atoms with Crippen LogP contribution >= 0.6 is 15.9 Å². The Morgan fingerprint density at radius 2 is 2.00 bits per heavy atom. The monoisotopic (exact) mass is 272 g/mol. The second kappa shape index (κ2) is 6.01. The molecule has 1 unspecified atom stereocenters. The van der Waals surface area contributed by atoms with E-state index in [1.165, 1.54) is 5.56 Å². The molecule has 1 aromatic rings. The molecule has 0 aromatic heterocycles. The molecule has 0 N–H and O–H groups in total. The Hall–Kier alpha value is -0.700. The summed E-state index contributed by atoms with van der Waals surface area (Å²) < 4.78 is 10.5. The summed E-state index contributed by atoms with van der Waals surface area (Å²) in [5, 5.41) is 1.00. The predicted molar refractivity (Wildman–Crippen MR) is 66.4 cm³/mol. The van der Waals surface area contributed by atoms with Gasteiger partial charge in [-0.05, 0) is 24.0 Å². The van der Waals surface area contributed by atoms with Crippen molar-refractivity contribution >= 4 is 15.9 Å².